The van der Waals surface area contributed by atoms with Crippen LogP contribution in [0.25, 0.3) is 5.57 Å². The van der Waals surface area contributed by atoms with E-state index >= 15 is 0 Å². The highest BCUT2D eigenvalue weighted by Gasteiger charge is 2.28. The number of halogens is 1. The average Bonchev–Trinajstić information content (AvgIpc) is 2.71. The molecule has 1 aliphatic heterocycles. The van der Waals surface area contributed by atoms with Gasteiger partial charge in [0.25, 0.3) is 0 Å². The van der Waals surface area contributed by atoms with Gasteiger partial charge in [0.05, 0.1) is 6.61 Å². The molecule has 2 aliphatic rings. The number of hydrogen-bond donors (Lipinski definition) is 0. The van der Waals surface area contributed by atoms with Gasteiger partial charge in [0.15, 0.2) is 0 Å². The van der Waals surface area contributed by atoms with Crippen LogP contribution in [-0.2, 0) is 17.6 Å². The van der Waals surface area contributed by atoms with E-state index in [2.05, 4.69) is 62.4 Å². The molecule has 0 aromatic heterocycles. The van der Waals surface area contributed by atoms with E-state index in [1.54, 1.807) is 0 Å². The van der Waals surface area contributed by atoms with E-state index in [1.807, 2.05) is 17.2 Å². The first-order valence-electron chi connectivity index (χ1n) is 10.6. The zero-order valence-corrected chi connectivity index (χ0v) is 18.4. The number of aryl methyl sites for hydroxylation is 1. The number of nitrogens with zero attached hydrogens (tertiary/aromatic N) is 1. The number of ether oxygens (including phenoxy) is 1. The Morgan fingerprint density at radius 2 is 2.00 bits per heavy atom. The maximum atomic E-state index is 11.4. The predicted molar refractivity (Wildman–Crippen MR) is 123 cm³/mol. The molecule has 156 valence electrons. The summed E-state index contributed by atoms with van der Waals surface area (Å²) in [6.07, 6.45) is 6.82. The lowest BCUT2D eigenvalue weighted by Crippen LogP contribution is -2.42. The molecule has 0 amide bonds. The minimum Gasteiger partial charge on any atom is -0.493 e. The zero-order valence-electron chi connectivity index (χ0n) is 17.6. The summed E-state index contributed by atoms with van der Waals surface area (Å²) in [5.74, 6) is 1.40. The Kier molecular flexibility index (Phi) is 6.29. The summed E-state index contributed by atoms with van der Waals surface area (Å²) in [5, 5.41) is -0.310. The predicted octanol–water partition coefficient (Wildman–Crippen LogP) is 5.63. The number of hydrogen-bond acceptors (Lipinski definition) is 3. The minimum atomic E-state index is -0.310. The maximum Gasteiger partial charge on any atom is 0.248 e. The van der Waals surface area contributed by atoms with Crippen LogP contribution < -0.4 is 4.74 Å². The molecule has 0 N–H and O–H groups in total. The Balaban J connectivity index is 1.38. The number of benzene rings is 2. The third-order valence-electron chi connectivity index (χ3n) is 6.09. The summed E-state index contributed by atoms with van der Waals surface area (Å²) in [5.41, 5.74) is 6.66. The molecule has 2 atom stereocenters. The summed E-state index contributed by atoms with van der Waals surface area (Å²) in [6.45, 7) is 5.88. The molecule has 30 heavy (non-hydrogen) atoms. The van der Waals surface area contributed by atoms with Crippen molar-refractivity contribution < 1.29 is 9.53 Å². The first-order valence-corrected chi connectivity index (χ1v) is 11.0. The maximum absolute atomic E-state index is 11.4. The van der Waals surface area contributed by atoms with Crippen LogP contribution in [0, 0.1) is 5.92 Å². The fraction of sp³-hybridized carbons (Fsp3) is 0.346. The molecule has 0 radical (unpaired) electrons. The van der Waals surface area contributed by atoms with Crippen LogP contribution in [0.4, 0.5) is 0 Å². The van der Waals surface area contributed by atoms with Gasteiger partial charge in [-0.2, -0.15) is 0 Å². The van der Waals surface area contributed by atoms with Gasteiger partial charge in [-0.15, -0.1) is 0 Å². The van der Waals surface area contributed by atoms with Crippen LogP contribution in [0.15, 0.2) is 66.4 Å². The van der Waals surface area contributed by atoms with E-state index in [4.69, 9.17) is 16.3 Å². The molecule has 2 unspecified atom stereocenters. The van der Waals surface area contributed by atoms with Crippen molar-refractivity contribution in [2.45, 2.75) is 39.2 Å². The Hall–Kier alpha value is -2.52. The molecule has 0 saturated carbocycles. The Morgan fingerprint density at radius 1 is 1.20 bits per heavy atom. The van der Waals surface area contributed by atoms with Crippen LogP contribution in [0.5, 0.6) is 5.75 Å². The zero-order chi connectivity index (χ0) is 21.1. The summed E-state index contributed by atoms with van der Waals surface area (Å²) >= 11 is 5.66. The van der Waals surface area contributed by atoms with Gasteiger partial charge in [0.1, 0.15) is 11.8 Å². The Labute approximate surface area is 184 Å². The van der Waals surface area contributed by atoms with Crippen LogP contribution in [0.1, 0.15) is 37.0 Å². The summed E-state index contributed by atoms with van der Waals surface area (Å²) < 4.78 is 6.11. The lowest BCUT2D eigenvalue weighted by molar-refractivity contribution is -0.115. The van der Waals surface area contributed by atoms with Crippen molar-refractivity contribution in [3.63, 3.8) is 0 Å². The van der Waals surface area contributed by atoms with Gasteiger partial charge in [-0.25, -0.2) is 0 Å². The lowest BCUT2D eigenvalue weighted by Gasteiger charge is -2.35. The van der Waals surface area contributed by atoms with Gasteiger partial charge in [-0.1, -0.05) is 43.3 Å². The molecule has 4 rings (SSSR count). The normalized spacial score (nSPS) is 18.6. The van der Waals surface area contributed by atoms with Gasteiger partial charge in [0.2, 0.25) is 5.24 Å². The summed E-state index contributed by atoms with van der Waals surface area (Å²) in [6, 6.07) is 16.7. The van der Waals surface area contributed by atoms with Crippen LogP contribution in [0.2, 0.25) is 0 Å². The van der Waals surface area contributed by atoms with Crippen molar-refractivity contribution in [2.75, 3.05) is 13.2 Å². The van der Waals surface area contributed by atoms with Crippen molar-refractivity contribution >= 4 is 22.4 Å². The third kappa shape index (κ3) is 4.62. The molecular formula is C26H28ClNO2. The first kappa shape index (κ1) is 20.7. The topological polar surface area (TPSA) is 29.5 Å². The minimum absolute atomic E-state index is 0.276. The second kappa shape index (κ2) is 9.09. The van der Waals surface area contributed by atoms with Crippen molar-refractivity contribution in [1.29, 1.82) is 0 Å². The van der Waals surface area contributed by atoms with Gasteiger partial charge in [-0.3, -0.25) is 4.79 Å². The van der Waals surface area contributed by atoms with Gasteiger partial charge < -0.3 is 9.64 Å². The molecule has 3 nitrogen and oxygen atoms in total. The molecule has 0 bridgehead atoms. The first-order chi connectivity index (χ1) is 14.5. The van der Waals surface area contributed by atoms with Gasteiger partial charge in [-0.05, 0) is 96.0 Å². The molecule has 0 fully saturated rings. The molecule has 1 heterocycles. The second-order valence-corrected chi connectivity index (χ2v) is 8.79. The highest BCUT2D eigenvalue weighted by molar-refractivity contribution is 6.65. The summed E-state index contributed by atoms with van der Waals surface area (Å²) in [4.78, 5) is 13.5. The Bertz CT molecular complexity index is 980. The van der Waals surface area contributed by atoms with Crippen LogP contribution >= 0.6 is 11.6 Å². The van der Waals surface area contributed by atoms with E-state index in [9.17, 15) is 4.79 Å². The monoisotopic (exact) mass is 421 g/mol. The smallest absolute Gasteiger partial charge is 0.248 e. The van der Waals surface area contributed by atoms with Gasteiger partial charge in [0, 0.05) is 6.54 Å². The van der Waals surface area contributed by atoms with Crippen LogP contribution in [0.3, 0.4) is 0 Å². The van der Waals surface area contributed by atoms with E-state index in [1.165, 1.54) is 27.8 Å². The molecule has 0 spiro atoms. The van der Waals surface area contributed by atoms with Crippen molar-refractivity contribution in [3.05, 3.63) is 83.1 Å². The number of rotatable bonds is 8. The van der Waals surface area contributed by atoms with Gasteiger partial charge >= 0.3 is 0 Å². The van der Waals surface area contributed by atoms with E-state index in [0.717, 1.165) is 31.6 Å². The average molecular weight is 422 g/mol. The Morgan fingerprint density at radius 3 is 2.70 bits per heavy atom. The number of fused-ring (bicyclic) bond motifs is 1. The van der Waals surface area contributed by atoms with Crippen LogP contribution in [-0.4, -0.2) is 29.3 Å². The molecule has 2 aromatic carbocycles. The van der Waals surface area contributed by atoms with Crippen molar-refractivity contribution in [2.24, 2.45) is 5.92 Å². The molecule has 0 saturated heterocycles. The molecule has 1 aliphatic carbocycles. The molecule has 2 aromatic rings. The van der Waals surface area contributed by atoms with Crippen molar-refractivity contribution in [3.8, 4) is 5.75 Å². The summed E-state index contributed by atoms with van der Waals surface area (Å²) in [7, 11) is 0. The number of carbonyl (C=O) groups is 1. The standard InChI is InChI=1S/C26H28ClNO2/c1-18(14-20-6-4-3-5-7-20)17-30-23-10-11-24-19(2)22(9-8-21(24)15-23)16-28-13-12-25(28)26(27)29/h3-7,10-13,15,18,25H,8-9,14,16-17H2,1-2H3. The SMILES string of the molecule is CC1=C(CN2C=CC2C(=O)Cl)CCc2cc(OCC(C)Cc3ccccc3)ccc21. The number of carbonyl (C=O) groups excluding carboxylic acids is 1. The van der Waals surface area contributed by atoms with Crippen molar-refractivity contribution in [1.82, 2.24) is 4.90 Å². The largest absolute Gasteiger partial charge is 0.493 e. The van der Waals surface area contributed by atoms with E-state index in [-0.39, 0.29) is 11.3 Å². The third-order valence-corrected chi connectivity index (χ3v) is 6.32. The second-order valence-electron chi connectivity index (χ2n) is 8.42. The number of allylic oxidation sites excluding steroid dienone is 1. The highest BCUT2D eigenvalue weighted by atomic mass is 35.5. The molecule has 4 heteroatoms. The lowest BCUT2D eigenvalue weighted by atomic mass is 9.85. The highest BCUT2D eigenvalue weighted by Crippen LogP contribution is 2.34. The fourth-order valence-corrected chi connectivity index (χ4v) is 4.48. The molecular weight excluding hydrogens is 394 g/mol. The van der Waals surface area contributed by atoms with E-state index < -0.39 is 0 Å². The van der Waals surface area contributed by atoms with E-state index in [0.29, 0.717) is 12.5 Å². The quantitative estimate of drug-likeness (QED) is 0.517. The fourth-order valence-electron chi connectivity index (χ4n) is 4.28.